The number of ether oxygens (including phenoxy) is 3. The molecule has 1 unspecified atom stereocenters. The summed E-state index contributed by atoms with van der Waals surface area (Å²) >= 11 is 0. The van der Waals surface area contributed by atoms with Crippen LogP contribution in [0.4, 0.5) is 22.8 Å². The van der Waals surface area contributed by atoms with E-state index in [0.717, 1.165) is 60.1 Å². The van der Waals surface area contributed by atoms with Crippen LogP contribution in [0.5, 0.6) is 5.75 Å². The molecule has 2 amide bonds. The fraction of sp³-hybridized carbons (Fsp3) is 0.325. The zero-order chi connectivity index (χ0) is 36.2. The fourth-order valence-corrected chi connectivity index (χ4v) is 5.78. The van der Waals surface area contributed by atoms with Crippen LogP contribution in [0.2, 0.25) is 0 Å². The average molecular weight is 703 g/mol. The molecule has 0 bridgehead atoms. The molecular weight excluding hydrogens is 661 g/mol. The zero-order valence-corrected chi connectivity index (χ0v) is 28.4. The number of alkyl halides is 3. The predicted octanol–water partition coefficient (Wildman–Crippen LogP) is 9.06. The van der Waals surface area contributed by atoms with Crippen molar-refractivity contribution in [1.82, 2.24) is 10.2 Å². The second kappa shape index (κ2) is 17.6. The smallest absolute Gasteiger partial charge is 0.419 e. The van der Waals surface area contributed by atoms with Crippen molar-refractivity contribution in [3.8, 4) is 16.9 Å². The Kier molecular flexibility index (Phi) is 12.7. The third-order valence-electron chi connectivity index (χ3n) is 8.71. The monoisotopic (exact) mass is 702 g/mol. The molecule has 0 spiro atoms. The van der Waals surface area contributed by atoms with E-state index in [-0.39, 0.29) is 26.3 Å². The second-order valence-corrected chi connectivity index (χ2v) is 12.4. The van der Waals surface area contributed by atoms with Crippen LogP contribution < -0.4 is 10.1 Å². The van der Waals surface area contributed by atoms with Crippen LogP contribution in [0, 0.1) is 0 Å². The molecule has 5 rings (SSSR count). The van der Waals surface area contributed by atoms with E-state index >= 15 is 0 Å². The van der Waals surface area contributed by atoms with Crippen LogP contribution in [0.15, 0.2) is 97.1 Å². The van der Waals surface area contributed by atoms with Crippen molar-refractivity contribution in [1.29, 1.82) is 0 Å². The van der Waals surface area contributed by atoms with Gasteiger partial charge in [0, 0.05) is 19.6 Å². The minimum atomic E-state index is -4.41. The van der Waals surface area contributed by atoms with Gasteiger partial charge in [-0.15, -0.1) is 0 Å². The summed E-state index contributed by atoms with van der Waals surface area (Å²) in [5, 5.41) is 2.57. The van der Waals surface area contributed by atoms with Crippen LogP contribution >= 0.6 is 0 Å². The van der Waals surface area contributed by atoms with Crippen molar-refractivity contribution < 1.29 is 41.8 Å². The number of hydrogen-bond donors (Lipinski definition) is 1. The molecule has 1 atom stereocenters. The number of benzene rings is 4. The number of fused-ring (bicyclic) bond motifs is 1. The molecule has 51 heavy (non-hydrogen) atoms. The molecule has 11 heteroatoms. The highest BCUT2D eigenvalue weighted by atomic mass is 19.4. The molecule has 0 aliphatic carbocycles. The quantitative estimate of drug-likeness (QED) is 0.0849. The Morgan fingerprint density at radius 3 is 2.27 bits per heavy atom. The predicted molar refractivity (Wildman–Crippen MR) is 186 cm³/mol. The highest BCUT2D eigenvalue weighted by Crippen LogP contribution is 2.30. The van der Waals surface area contributed by atoms with Gasteiger partial charge in [0.1, 0.15) is 12.4 Å². The minimum Gasteiger partial charge on any atom is -0.489 e. The van der Waals surface area contributed by atoms with Gasteiger partial charge in [-0.05, 0) is 70.5 Å². The summed E-state index contributed by atoms with van der Waals surface area (Å²) < 4.78 is 55.1. The first-order chi connectivity index (χ1) is 24.6. The number of carbonyl (C=O) groups is 3. The average Bonchev–Trinajstić information content (AvgIpc) is 3.14. The Hall–Kier alpha value is -5.32. The van der Waals surface area contributed by atoms with Gasteiger partial charge in [0.15, 0.2) is 0 Å². The second-order valence-electron chi connectivity index (χ2n) is 12.4. The van der Waals surface area contributed by atoms with Crippen molar-refractivity contribution in [3.05, 3.63) is 125 Å². The largest absolute Gasteiger partial charge is 0.489 e. The van der Waals surface area contributed by atoms with Crippen molar-refractivity contribution in [2.75, 3.05) is 19.7 Å². The molecule has 0 aromatic heterocycles. The third kappa shape index (κ3) is 10.6. The number of esters is 1. The van der Waals surface area contributed by atoms with Crippen molar-refractivity contribution in [2.45, 2.75) is 64.3 Å². The SMILES string of the molecule is CCCCCCOC(=O)C(CNC(=O)OC(=O)N1CCc2ccc(OCc3ccc(C(F)(F)F)cc3)cc2C1)c1ccc(-c2ccccc2)cc1. The number of unbranched alkanes of at least 4 members (excludes halogenated alkanes) is 3. The number of rotatable bonds is 13. The zero-order valence-electron chi connectivity index (χ0n) is 28.4. The summed E-state index contributed by atoms with van der Waals surface area (Å²) in [6, 6.07) is 27.5. The lowest BCUT2D eigenvalue weighted by Crippen LogP contribution is -2.40. The summed E-state index contributed by atoms with van der Waals surface area (Å²) in [6.07, 6.45) is -1.91. The Morgan fingerprint density at radius 2 is 1.57 bits per heavy atom. The Morgan fingerprint density at radius 1 is 0.843 bits per heavy atom. The minimum absolute atomic E-state index is 0.0629. The van der Waals surface area contributed by atoms with Gasteiger partial charge in [-0.25, -0.2) is 9.59 Å². The highest BCUT2D eigenvalue weighted by Gasteiger charge is 2.30. The molecule has 1 aliphatic rings. The van der Waals surface area contributed by atoms with Crippen LogP contribution in [-0.4, -0.2) is 42.8 Å². The van der Waals surface area contributed by atoms with E-state index in [1.165, 1.54) is 17.0 Å². The summed E-state index contributed by atoms with van der Waals surface area (Å²) in [5.74, 6) is -0.803. The number of carbonyl (C=O) groups excluding carboxylic acids is 3. The maximum atomic E-state index is 13.2. The number of amides is 2. The Labute approximate surface area is 295 Å². The maximum Gasteiger partial charge on any atom is 0.419 e. The first-order valence-corrected chi connectivity index (χ1v) is 17.1. The molecule has 1 N–H and O–H groups in total. The van der Waals surface area contributed by atoms with E-state index in [0.29, 0.717) is 29.8 Å². The number of alkyl carbamates (subject to hydrolysis) is 1. The number of nitrogens with zero attached hydrogens (tertiary/aromatic N) is 1. The van der Waals surface area contributed by atoms with Gasteiger partial charge in [-0.2, -0.15) is 13.2 Å². The van der Waals surface area contributed by atoms with Crippen LogP contribution in [0.25, 0.3) is 11.1 Å². The summed E-state index contributed by atoms with van der Waals surface area (Å²) in [5.41, 5.74) is 4.30. The van der Waals surface area contributed by atoms with Crippen molar-refractivity contribution in [2.24, 2.45) is 0 Å². The normalized spacial score (nSPS) is 13.1. The molecule has 8 nitrogen and oxygen atoms in total. The summed E-state index contributed by atoms with van der Waals surface area (Å²) in [4.78, 5) is 40.4. The molecule has 4 aromatic rings. The molecule has 1 aliphatic heterocycles. The van der Waals surface area contributed by atoms with Gasteiger partial charge >= 0.3 is 24.3 Å². The first kappa shape index (κ1) is 36.9. The number of hydrogen-bond acceptors (Lipinski definition) is 6. The molecule has 0 saturated carbocycles. The van der Waals surface area contributed by atoms with E-state index in [2.05, 4.69) is 12.2 Å². The van der Waals surface area contributed by atoms with Gasteiger partial charge in [-0.1, -0.05) is 99.0 Å². The maximum absolute atomic E-state index is 13.2. The van der Waals surface area contributed by atoms with E-state index < -0.39 is 35.8 Å². The van der Waals surface area contributed by atoms with Crippen LogP contribution in [-0.2, 0) is 40.0 Å². The fourth-order valence-electron chi connectivity index (χ4n) is 5.78. The van der Waals surface area contributed by atoms with E-state index in [1.54, 1.807) is 12.1 Å². The van der Waals surface area contributed by atoms with E-state index in [9.17, 15) is 27.6 Å². The lowest BCUT2D eigenvalue weighted by atomic mass is 9.96. The third-order valence-corrected chi connectivity index (χ3v) is 8.71. The molecule has 1 heterocycles. The van der Waals surface area contributed by atoms with Gasteiger partial charge in [0.2, 0.25) is 0 Å². The molecule has 0 radical (unpaired) electrons. The summed E-state index contributed by atoms with van der Waals surface area (Å²) in [7, 11) is 0. The molecule has 268 valence electrons. The Balaban J connectivity index is 1.16. The van der Waals surface area contributed by atoms with Crippen molar-refractivity contribution in [3.63, 3.8) is 0 Å². The Bertz CT molecular complexity index is 1760. The van der Waals surface area contributed by atoms with Gasteiger partial charge in [0.25, 0.3) is 0 Å². The lowest BCUT2D eigenvalue weighted by Gasteiger charge is -2.28. The van der Waals surface area contributed by atoms with Gasteiger partial charge in [-0.3, -0.25) is 4.79 Å². The molecule has 0 saturated heterocycles. The molecule has 4 aromatic carbocycles. The standard InChI is InChI=1S/C40H41F3N2O6/c1-2-3-4-8-23-49-37(46)36(32-15-13-30(14-16-32)29-9-6-5-7-10-29)25-44-38(47)51-39(48)45-22-21-31-17-20-35(24-33(31)26-45)50-27-28-11-18-34(19-12-28)40(41,42)43/h5-7,9-20,24,36H,2-4,8,21-23,25-27H2,1H3,(H,44,47). The highest BCUT2D eigenvalue weighted by molar-refractivity contribution is 5.85. The van der Waals surface area contributed by atoms with Crippen LogP contribution in [0.1, 0.15) is 66.3 Å². The first-order valence-electron chi connectivity index (χ1n) is 17.1. The van der Waals surface area contributed by atoms with Crippen molar-refractivity contribution >= 4 is 18.2 Å². The van der Waals surface area contributed by atoms with Crippen LogP contribution in [0.3, 0.4) is 0 Å². The topological polar surface area (TPSA) is 94.2 Å². The molecular formula is C40H41F3N2O6. The number of halogens is 3. The summed E-state index contributed by atoms with van der Waals surface area (Å²) in [6.45, 7) is 2.80. The van der Waals surface area contributed by atoms with E-state index in [1.807, 2.05) is 60.7 Å². The van der Waals surface area contributed by atoms with E-state index in [4.69, 9.17) is 14.2 Å². The van der Waals surface area contributed by atoms with Gasteiger partial charge < -0.3 is 24.4 Å². The lowest BCUT2D eigenvalue weighted by molar-refractivity contribution is -0.145. The molecule has 0 fully saturated rings. The number of nitrogens with one attached hydrogen (secondary N) is 1. The van der Waals surface area contributed by atoms with Gasteiger partial charge in [0.05, 0.1) is 18.1 Å².